The van der Waals surface area contributed by atoms with Crippen molar-refractivity contribution in [2.45, 2.75) is 60.0 Å². The second-order valence-electron chi connectivity index (χ2n) is 9.39. The number of ketones is 1. The third kappa shape index (κ3) is 5.11. The van der Waals surface area contributed by atoms with Crippen LogP contribution in [0.4, 0.5) is 0 Å². The van der Waals surface area contributed by atoms with E-state index in [1.54, 1.807) is 72.7 Å². The number of carboxylic acids is 1. The molecule has 1 aromatic heterocycles. The van der Waals surface area contributed by atoms with Gasteiger partial charge < -0.3 is 14.8 Å². The molecule has 2 rings (SSSR count). The van der Waals surface area contributed by atoms with Gasteiger partial charge in [0.05, 0.1) is 11.3 Å². The first kappa shape index (κ1) is 23.7. The van der Waals surface area contributed by atoms with Gasteiger partial charge in [0.2, 0.25) is 5.78 Å². The molecule has 7 heteroatoms. The van der Waals surface area contributed by atoms with E-state index in [1.165, 1.54) is 0 Å². The standard InChI is InChI=1S/C23H28ClNO5/c1-12-15(21(29)30-23(5,6)7)18(16(20(27)28)22(2,3)4)25-17(12)19(26)13-8-10-14(24)11-9-13/h8-11,16,25H,1-7H3,(H,27,28). The number of esters is 1. The van der Waals surface area contributed by atoms with Crippen LogP contribution in [0, 0.1) is 12.3 Å². The van der Waals surface area contributed by atoms with Crippen LogP contribution < -0.4 is 0 Å². The van der Waals surface area contributed by atoms with E-state index < -0.39 is 28.9 Å². The van der Waals surface area contributed by atoms with Crippen molar-refractivity contribution < 1.29 is 24.2 Å². The number of carbonyl (C=O) groups excluding carboxylic acids is 2. The number of carboxylic acid groups (broad SMARTS) is 1. The summed E-state index contributed by atoms with van der Waals surface area (Å²) in [4.78, 5) is 41.2. The smallest absolute Gasteiger partial charge is 0.340 e. The fraction of sp³-hybridized carbons (Fsp3) is 0.435. The highest BCUT2D eigenvalue weighted by Crippen LogP contribution is 2.39. The Morgan fingerprint density at radius 3 is 2.00 bits per heavy atom. The lowest BCUT2D eigenvalue weighted by Crippen LogP contribution is -2.30. The summed E-state index contributed by atoms with van der Waals surface area (Å²) in [5.74, 6) is -3.18. The molecule has 0 amide bonds. The van der Waals surface area contributed by atoms with Gasteiger partial charge in [-0.25, -0.2) is 4.79 Å². The lowest BCUT2D eigenvalue weighted by molar-refractivity contribution is -0.141. The lowest BCUT2D eigenvalue weighted by atomic mass is 9.77. The highest BCUT2D eigenvalue weighted by Gasteiger charge is 2.40. The summed E-state index contributed by atoms with van der Waals surface area (Å²) in [6.45, 7) is 12.1. The quantitative estimate of drug-likeness (QED) is 0.487. The van der Waals surface area contributed by atoms with Crippen molar-refractivity contribution in [2.75, 3.05) is 0 Å². The Morgan fingerprint density at radius 2 is 1.57 bits per heavy atom. The summed E-state index contributed by atoms with van der Waals surface area (Å²) in [7, 11) is 0. The molecule has 0 bridgehead atoms. The van der Waals surface area contributed by atoms with Gasteiger partial charge >= 0.3 is 11.9 Å². The topological polar surface area (TPSA) is 96.5 Å². The van der Waals surface area contributed by atoms with E-state index in [4.69, 9.17) is 16.3 Å². The van der Waals surface area contributed by atoms with E-state index in [9.17, 15) is 19.5 Å². The Balaban J connectivity index is 2.72. The van der Waals surface area contributed by atoms with Crippen molar-refractivity contribution in [1.82, 2.24) is 4.98 Å². The highest BCUT2D eigenvalue weighted by atomic mass is 35.5. The van der Waals surface area contributed by atoms with Gasteiger partial charge in [-0.1, -0.05) is 32.4 Å². The molecule has 0 radical (unpaired) electrons. The normalized spacial score (nSPS) is 13.1. The van der Waals surface area contributed by atoms with Gasteiger partial charge in [-0.2, -0.15) is 0 Å². The molecule has 0 aliphatic rings. The number of ether oxygens (including phenoxy) is 1. The van der Waals surface area contributed by atoms with Gasteiger partial charge in [0.15, 0.2) is 0 Å². The molecule has 1 heterocycles. The van der Waals surface area contributed by atoms with E-state index in [0.29, 0.717) is 16.1 Å². The van der Waals surface area contributed by atoms with Gasteiger partial charge in [0.1, 0.15) is 11.5 Å². The Morgan fingerprint density at radius 1 is 1.03 bits per heavy atom. The van der Waals surface area contributed by atoms with E-state index in [0.717, 1.165) is 0 Å². The number of hydrogen-bond acceptors (Lipinski definition) is 4. The average Bonchev–Trinajstić information content (AvgIpc) is 2.88. The molecule has 1 aromatic carbocycles. The van der Waals surface area contributed by atoms with Crippen molar-refractivity contribution in [3.63, 3.8) is 0 Å². The zero-order valence-electron chi connectivity index (χ0n) is 18.3. The van der Waals surface area contributed by atoms with Gasteiger partial charge in [0.25, 0.3) is 0 Å². The molecule has 0 saturated heterocycles. The van der Waals surface area contributed by atoms with Crippen LogP contribution >= 0.6 is 11.6 Å². The fourth-order valence-corrected chi connectivity index (χ4v) is 3.45. The Bertz CT molecular complexity index is 975. The van der Waals surface area contributed by atoms with Crippen molar-refractivity contribution in [2.24, 2.45) is 5.41 Å². The SMILES string of the molecule is Cc1c(C(=O)c2ccc(Cl)cc2)[nH]c(C(C(=O)O)C(C)(C)C)c1C(=O)OC(C)(C)C. The van der Waals surface area contributed by atoms with Crippen LogP contribution in [0.15, 0.2) is 24.3 Å². The molecule has 6 nitrogen and oxygen atoms in total. The third-order valence-electron chi connectivity index (χ3n) is 4.62. The number of benzene rings is 1. The second-order valence-corrected chi connectivity index (χ2v) is 9.83. The number of rotatable bonds is 5. The monoisotopic (exact) mass is 433 g/mol. The molecule has 1 unspecified atom stereocenters. The summed E-state index contributed by atoms with van der Waals surface area (Å²) in [6, 6.07) is 6.35. The molecule has 0 fully saturated rings. The molecule has 0 spiro atoms. The Hall–Kier alpha value is -2.60. The van der Waals surface area contributed by atoms with E-state index in [-0.39, 0.29) is 22.7 Å². The largest absolute Gasteiger partial charge is 0.481 e. The van der Waals surface area contributed by atoms with Crippen molar-refractivity contribution in [3.05, 3.63) is 57.4 Å². The molecule has 2 aromatic rings. The van der Waals surface area contributed by atoms with Crippen LogP contribution in [0.2, 0.25) is 5.02 Å². The number of halogens is 1. The lowest BCUT2D eigenvalue weighted by Gasteiger charge is -2.28. The first-order chi connectivity index (χ1) is 13.6. The molecule has 162 valence electrons. The number of hydrogen-bond donors (Lipinski definition) is 2. The van der Waals surface area contributed by atoms with Crippen molar-refractivity contribution in [1.29, 1.82) is 0 Å². The third-order valence-corrected chi connectivity index (χ3v) is 4.87. The maximum atomic E-state index is 13.1. The molecule has 0 saturated carbocycles. The van der Waals surface area contributed by atoms with Gasteiger partial charge in [0, 0.05) is 16.3 Å². The molecule has 30 heavy (non-hydrogen) atoms. The molecular formula is C23H28ClNO5. The van der Waals surface area contributed by atoms with E-state index in [2.05, 4.69) is 4.98 Å². The molecule has 0 aliphatic heterocycles. The number of aromatic nitrogens is 1. The number of H-pyrrole nitrogens is 1. The maximum absolute atomic E-state index is 13.1. The summed E-state index contributed by atoms with van der Waals surface area (Å²) < 4.78 is 5.52. The molecule has 1 atom stereocenters. The number of carbonyl (C=O) groups is 3. The Labute approximate surface area is 181 Å². The minimum atomic E-state index is -1.10. The summed E-state index contributed by atoms with van der Waals surface area (Å²) >= 11 is 5.91. The number of aliphatic carboxylic acids is 1. The first-order valence-corrected chi connectivity index (χ1v) is 10.00. The highest BCUT2D eigenvalue weighted by molar-refractivity contribution is 6.30. The molecule has 0 aliphatic carbocycles. The zero-order chi connectivity index (χ0) is 23.0. The van der Waals surface area contributed by atoms with Crippen LogP contribution in [-0.2, 0) is 9.53 Å². The molecule has 2 N–H and O–H groups in total. The van der Waals surface area contributed by atoms with Gasteiger partial charge in [-0.05, 0) is 62.9 Å². The van der Waals surface area contributed by atoms with E-state index >= 15 is 0 Å². The summed E-state index contributed by atoms with van der Waals surface area (Å²) in [5.41, 5.74) is -0.366. The van der Waals surface area contributed by atoms with E-state index in [1.807, 2.05) is 0 Å². The summed E-state index contributed by atoms with van der Waals surface area (Å²) in [6.07, 6.45) is 0. The van der Waals surface area contributed by atoms with Crippen LogP contribution in [0.3, 0.4) is 0 Å². The minimum Gasteiger partial charge on any atom is -0.481 e. The predicted molar refractivity (Wildman–Crippen MR) is 115 cm³/mol. The predicted octanol–water partition coefficient (Wildman–Crippen LogP) is 5.38. The van der Waals surface area contributed by atoms with Gasteiger partial charge in [-0.3, -0.25) is 9.59 Å². The fourth-order valence-electron chi connectivity index (χ4n) is 3.33. The first-order valence-electron chi connectivity index (χ1n) is 9.62. The van der Waals surface area contributed by atoms with Crippen LogP contribution in [0.25, 0.3) is 0 Å². The average molecular weight is 434 g/mol. The Kier molecular flexibility index (Phi) is 6.52. The van der Waals surface area contributed by atoms with Crippen LogP contribution in [0.5, 0.6) is 0 Å². The maximum Gasteiger partial charge on any atom is 0.340 e. The summed E-state index contributed by atoms with van der Waals surface area (Å²) in [5, 5.41) is 10.4. The number of nitrogens with one attached hydrogen (secondary N) is 1. The van der Waals surface area contributed by atoms with Crippen LogP contribution in [-0.4, -0.2) is 33.4 Å². The van der Waals surface area contributed by atoms with Crippen molar-refractivity contribution >= 4 is 29.3 Å². The minimum absolute atomic E-state index is 0.0876. The second kappa shape index (κ2) is 8.26. The number of aromatic amines is 1. The van der Waals surface area contributed by atoms with Crippen LogP contribution in [0.1, 0.15) is 85.1 Å². The van der Waals surface area contributed by atoms with Gasteiger partial charge in [-0.15, -0.1) is 0 Å². The van der Waals surface area contributed by atoms with Crippen molar-refractivity contribution in [3.8, 4) is 0 Å². The molecular weight excluding hydrogens is 406 g/mol. The zero-order valence-corrected chi connectivity index (χ0v) is 19.1.